The van der Waals surface area contributed by atoms with E-state index in [1.807, 2.05) is 18.2 Å². The zero-order valence-electron chi connectivity index (χ0n) is 12.5. The lowest BCUT2D eigenvalue weighted by Crippen LogP contribution is -2.04. The molecule has 3 nitrogen and oxygen atoms in total. The van der Waals surface area contributed by atoms with Crippen molar-refractivity contribution in [3.05, 3.63) is 59.7 Å². The van der Waals surface area contributed by atoms with E-state index in [2.05, 4.69) is 0 Å². The second kappa shape index (κ2) is 6.23. The molecular formula is C18H21NO2S. The SMILES string of the molecule is NCCCC1CCc2cc(S(=O)(=O)c3ccccc3)ccc21. The summed E-state index contributed by atoms with van der Waals surface area (Å²) in [5.41, 5.74) is 8.08. The number of hydrogen-bond acceptors (Lipinski definition) is 3. The Morgan fingerprint density at radius 2 is 1.82 bits per heavy atom. The monoisotopic (exact) mass is 315 g/mol. The molecule has 3 rings (SSSR count). The Labute approximate surface area is 132 Å². The number of benzene rings is 2. The third-order valence-corrected chi connectivity index (χ3v) is 6.20. The van der Waals surface area contributed by atoms with Gasteiger partial charge in [-0.3, -0.25) is 0 Å². The van der Waals surface area contributed by atoms with Gasteiger partial charge in [-0.1, -0.05) is 24.3 Å². The number of hydrogen-bond donors (Lipinski definition) is 1. The minimum absolute atomic E-state index is 0.354. The third kappa shape index (κ3) is 2.81. The van der Waals surface area contributed by atoms with Gasteiger partial charge in [-0.25, -0.2) is 8.42 Å². The molecule has 0 aliphatic heterocycles. The lowest BCUT2D eigenvalue weighted by Gasteiger charge is -2.12. The van der Waals surface area contributed by atoms with E-state index in [4.69, 9.17) is 5.73 Å². The Balaban J connectivity index is 1.92. The maximum atomic E-state index is 12.7. The lowest BCUT2D eigenvalue weighted by molar-refractivity contribution is 0.592. The summed E-state index contributed by atoms with van der Waals surface area (Å²) in [6, 6.07) is 14.2. The van der Waals surface area contributed by atoms with Crippen LogP contribution in [0.5, 0.6) is 0 Å². The number of fused-ring (bicyclic) bond motifs is 1. The van der Waals surface area contributed by atoms with Gasteiger partial charge in [0.15, 0.2) is 0 Å². The van der Waals surface area contributed by atoms with Gasteiger partial charge in [0.05, 0.1) is 9.79 Å². The molecule has 0 bridgehead atoms. The van der Waals surface area contributed by atoms with Crippen LogP contribution in [-0.2, 0) is 16.3 Å². The molecule has 0 saturated heterocycles. The number of rotatable bonds is 5. The molecule has 0 saturated carbocycles. The standard InChI is InChI=1S/C18H21NO2S/c19-12-4-5-14-8-9-15-13-17(10-11-18(14)15)22(20,21)16-6-2-1-3-7-16/h1-3,6-7,10-11,13-14H,4-5,8-9,12,19H2. The molecule has 116 valence electrons. The van der Waals surface area contributed by atoms with Crippen LogP contribution in [0.1, 0.15) is 36.3 Å². The van der Waals surface area contributed by atoms with Gasteiger partial charge in [0.1, 0.15) is 0 Å². The Kier molecular flexibility index (Phi) is 4.32. The van der Waals surface area contributed by atoms with Gasteiger partial charge < -0.3 is 5.73 Å². The van der Waals surface area contributed by atoms with Crippen LogP contribution in [0.4, 0.5) is 0 Å². The third-order valence-electron chi connectivity index (χ3n) is 4.44. The van der Waals surface area contributed by atoms with Crippen LogP contribution >= 0.6 is 0 Å². The summed E-state index contributed by atoms with van der Waals surface area (Å²) in [7, 11) is -3.41. The molecule has 1 atom stereocenters. The van der Waals surface area contributed by atoms with E-state index >= 15 is 0 Å². The van der Waals surface area contributed by atoms with Crippen molar-refractivity contribution in [1.29, 1.82) is 0 Å². The van der Waals surface area contributed by atoms with E-state index in [1.165, 1.54) is 11.1 Å². The van der Waals surface area contributed by atoms with E-state index in [1.54, 1.807) is 30.3 Å². The van der Waals surface area contributed by atoms with Crippen LogP contribution < -0.4 is 5.73 Å². The summed E-state index contributed by atoms with van der Waals surface area (Å²) < 4.78 is 25.3. The van der Waals surface area contributed by atoms with Crippen molar-refractivity contribution in [2.75, 3.05) is 6.54 Å². The topological polar surface area (TPSA) is 60.2 Å². The first kappa shape index (κ1) is 15.3. The zero-order valence-corrected chi connectivity index (χ0v) is 13.4. The minimum Gasteiger partial charge on any atom is -0.330 e. The Morgan fingerprint density at radius 1 is 1.05 bits per heavy atom. The lowest BCUT2D eigenvalue weighted by atomic mass is 9.96. The van der Waals surface area contributed by atoms with Crippen molar-refractivity contribution in [1.82, 2.24) is 0 Å². The van der Waals surface area contributed by atoms with Crippen LogP contribution in [0, 0.1) is 0 Å². The first-order valence-electron chi connectivity index (χ1n) is 7.76. The summed E-state index contributed by atoms with van der Waals surface area (Å²) in [4.78, 5) is 0.754. The second-order valence-corrected chi connectivity index (χ2v) is 7.79. The van der Waals surface area contributed by atoms with E-state index in [0.717, 1.165) is 25.7 Å². The van der Waals surface area contributed by atoms with Crippen molar-refractivity contribution >= 4 is 9.84 Å². The van der Waals surface area contributed by atoms with Gasteiger partial charge in [-0.15, -0.1) is 0 Å². The average molecular weight is 315 g/mol. The molecule has 1 aliphatic rings. The molecule has 1 aliphatic carbocycles. The number of sulfone groups is 1. The number of nitrogens with two attached hydrogens (primary N) is 1. The molecule has 0 heterocycles. The maximum Gasteiger partial charge on any atom is 0.206 e. The van der Waals surface area contributed by atoms with Crippen LogP contribution in [0.2, 0.25) is 0 Å². The van der Waals surface area contributed by atoms with E-state index in [-0.39, 0.29) is 0 Å². The number of aryl methyl sites for hydroxylation is 1. The van der Waals surface area contributed by atoms with Crippen molar-refractivity contribution in [3.63, 3.8) is 0 Å². The normalized spacial score (nSPS) is 17.4. The van der Waals surface area contributed by atoms with Gasteiger partial charge in [-0.2, -0.15) is 0 Å². The largest absolute Gasteiger partial charge is 0.330 e. The van der Waals surface area contributed by atoms with Gasteiger partial charge in [0.2, 0.25) is 9.84 Å². The van der Waals surface area contributed by atoms with Crippen molar-refractivity contribution < 1.29 is 8.42 Å². The highest BCUT2D eigenvalue weighted by atomic mass is 32.2. The maximum absolute atomic E-state index is 12.7. The summed E-state index contributed by atoms with van der Waals surface area (Å²) >= 11 is 0. The molecule has 0 fully saturated rings. The first-order valence-corrected chi connectivity index (χ1v) is 9.24. The van der Waals surface area contributed by atoms with Crippen molar-refractivity contribution in [2.45, 2.75) is 41.4 Å². The molecule has 2 aromatic rings. The van der Waals surface area contributed by atoms with Gasteiger partial charge in [0, 0.05) is 0 Å². The first-order chi connectivity index (χ1) is 10.6. The summed E-state index contributed by atoms with van der Waals surface area (Å²) in [5.74, 6) is 0.534. The molecule has 0 amide bonds. The van der Waals surface area contributed by atoms with Crippen molar-refractivity contribution in [2.24, 2.45) is 5.73 Å². The van der Waals surface area contributed by atoms with E-state index < -0.39 is 9.84 Å². The van der Waals surface area contributed by atoms with E-state index in [9.17, 15) is 8.42 Å². The van der Waals surface area contributed by atoms with Crippen LogP contribution in [0.3, 0.4) is 0 Å². The highest BCUT2D eigenvalue weighted by Gasteiger charge is 2.25. The van der Waals surface area contributed by atoms with Gasteiger partial charge in [0.25, 0.3) is 0 Å². The highest BCUT2D eigenvalue weighted by molar-refractivity contribution is 7.91. The molecule has 2 N–H and O–H groups in total. The molecular weight excluding hydrogens is 294 g/mol. The van der Waals surface area contributed by atoms with Crippen LogP contribution in [0.15, 0.2) is 58.3 Å². The Morgan fingerprint density at radius 3 is 2.55 bits per heavy atom. The molecule has 4 heteroatoms. The molecule has 1 unspecified atom stereocenters. The Hall–Kier alpha value is -1.65. The molecule has 0 radical (unpaired) electrons. The smallest absolute Gasteiger partial charge is 0.206 e. The quantitative estimate of drug-likeness (QED) is 0.921. The highest BCUT2D eigenvalue weighted by Crippen LogP contribution is 2.37. The zero-order chi connectivity index (χ0) is 15.6. The van der Waals surface area contributed by atoms with Gasteiger partial charge in [-0.05, 0) is 73.5 Å². The fraction of sp³-hybridized carbons (Fsp3) is 0.333. The van der Waals surface area contributed by atoms with E-state index in [0.29, 0.717) is 22.3 Å². The van der Waals surface area contributed by atoms with Crippen LogP contribution in [-0.4, -0.2) is 15.0 Å². The predicted molar refractivity (Wildman–Crippen MR) is 87.7 cm³/mol. The fourth-order valence-corrected chi connectivity index (χ4v) is 4.58. The average Bonchev–Trinajstić information content (AvgIpc) is 2.96. The van der Waals surface area contributed by atoms with Crippen molar-refractivity contribution in [3.8, 4) is 0 Å². The summed E-state index contributed by atoms with van der Waals surface area (Å²) in [6.45, 7) is 0.715. The molecule has 2 aromatic carbocycles. The minimum atomic E-state index is -3.41. The molecule has 0 aromatic heterocycles. The van der Waals surface area contributed by atoms with Crippen LogP contribution in [0.25, 0.3) is 0 Å². The Bertz CT molecular complexity index is 754. The molecule has 0 spiro atoms. The predicted octanol–water partition coefficient (Wildman–Crippen LogP) is 3.29. The summed E-state index contributed by atoms with van der Waals surface area (Å²) in [6.07, 6.45) is 4.18. The summed E-state index contributed by atoms with van der Waals surface area (Å²) in [5, 5.41) is 0. The molecule has 22 heavy (non-hydrogen) atoms. The van der Waals surface area contributed by atoms with Gasteiger partial charge >= 0.3 is 0 Å². The second-order valence-electron chi connectivity index (χ2n) is 5.84. The fourth-order valence-electron chi connectivity index (χ4n) is 3.25.